The number of allylic oxidation sites excluding steroid dienone is 1. The zero-order chi connectivity index (χ0) is 14.5. The van der Waals surface area contributed by atoms with Crippen molar-refractivity contribution in [1.82, 2.24) is 5.32 Å². The number of benzene rings is 1. The highest BCUT2D eigenvalue weighted by Crippen LogP contribution is 2.32. The molecule has 1 aromatic heterocycles. The molecular weight excluding hydrogens is 278 g/mol. The molecule has 1 aliphatic rings. The number of ether oxygens (including phenoxy) is 1. The maximum Gasteiger partial charge on any atom is 0.0734 e. The second-order valence-electron chi connectivity index (χ2n) is 5.64. The van der Waals surface area contributed by atoms with Crippen LogP contribution in [-0.2, 0) is 17.9 Å². The zero-order valence-electron chi connectivity index (χ0n) is 12.4. The minimum absolute atomic E-state index is 0.725. The minimum Gasteiger partial charge on any atom is -0.377 e. The SMILES string of the molecule is C=CCCCOCc1c(CNC2CC2)sc2ccccc12. The largest absolute Gasteiger partial charge is 0.377 e. The number of unbranched alkanes of at least 4 members (excludes halogenated alkanes) is 1. The summed E-state index contributed by atoms with van der Waals surface area (Å²) in [7, 11) is 0. The number of thiophene rings is 1. The van der Waals surface area contributed by atoms with Crippen LogP contribution in [0.4, 0.5) is 0 Å². The third-order valence-corrected chi connectivity index (χ3v) is 5.07. The van der Waals surface area contributed by atoms with Gasteiger partial charge in [-0.3, -0.25) is 0 Å². The van der Waals surface area contributed by atoms with Gasteiger partial charge in [0.1, 0.15) is 0 Å². The Kier molecular flexibility index (Phi) is 5.07. The van der Waals surface area contributed by atoms with Crippen molar-refractivity contribution in [2.75, 3.05) is 6.61 Å². The molecule has 2 aromatic rings. The van der Waals surface area contributed by atoms with E-state index in [0.717, 1.165) is 38.6 Å². The molecule has 1 fully saturated rings. The topological polar surface area (TPSA) is 21.3 Å². The summed E-state index contributed by atoms with van der Waals surface area (Å²) in [5, 5.41) is 4.99. The highest BCUT2D eigenvalue weighted by atomic mass is 32.1. The average molecular weight is 301 g/mol. The molecule has 21 heavy (non-hydrogen) atoms. The normalized spacial score (nSPS) is 14.7. The standard InChI is InChI=1S/C18H23NOS/c1-2-3-6-11-20-13-16-15-7-4-5-8-17(15)21-18(16)12-19-14-9-10-14/h2,4-5,7-8,14,19H,1,3,6,9-13H2. The van der Waals surface area contributed by atoms with Crippen molar-refractivity contribution in [3.8, 4) is 0 Å². The number of fused-ring (bicyclic) bond motifs is 1. The van der Waals surface area contributed by atoms with Crippen molar-refractivity contribution in [1.29, 1.82) is 0 Å². The summed E-state index contributed by atoms with van der Waals surface area (Å²) in [5.74, 6) is 0. The summed E-state index contributed by atoms with van der Waals surface area (Å²) < 4.78 is 7.25. The maximum absolute atomic E-state index is 5.88. The van der Waals surface area contributed by atoms with E-state index in [1.165, 1.54) is 33.4 Å². The Bertz CT molecular complexity index is 600. The lowest BCUT2D eigenvalue weighted by Gasteiger charge is -2.07. The Labute approximate surface area is 130 Å². The van der Waals surface area contributed by atoms with Gasteiger partial charge in [-0.25, -0.2) is 0 Å². The summed E-state index contributed by atoms with van der Waals surface area (Å²) >= 11 is 1.90. The van der Waals surface area contributed by atoms with Crippen molar-refractivity contribution in [3.05, 3.63) is 47.4 Å². The van der Waals surface area contributed by atoms with Gasteiger partial charge in [0.2, 0.25) is 0 Å². The van der Waals surface area contributed by atoms with Crippen LogP contribution in [-0.4, -0.2) is 12.6 Å². The first kappa shape index (κ1) is 14.8. The molecule has 2 nitrogen and oxygen atoms in total. The summed E-state index contributed by atoms with van der Waals surface area (Å²) in [5.41, 5.74) is 1.38. The molecule has 0 saturated heterocycles. The molecule has 0 bridgehead atoms. The quantitative estimate of drug-likeness (QED) is 0.538. The van der Waals surface area contributed by atoms with Crippen molar-refractivity contribution < 1.29 is 4.74 Å². The van der Waals surface area contributed by atoms with Crippen LogP contribution < -0.4 is 5.32 Å². The van der Waals surface area contributed by atoms with Crippen LogP contribution in [0.5, 0.6) is 0 Å². The van der Waals surface area contributed by atoms with Gasteiger partial charge < -0.3 is 10.1 Å². The Hall–Kier alpha value is -1.16. The van der Waals surface area contributed by atoms with E-state index in [9.17, 15) is 0 Å². The van der Waals surface area contributed by atoms with E-state index < -0.39 is 0 Å². The van der Waals surface area contributed by atoms with E-state index in [1.807, 2.05) is 17.4 Å². The molecule has 0 amide bonds. The minimum atomic E-state index is 0.725. The number of hydrogen-bond acceptors (Lipinski definition) is 3. The monoisotopic (exact) mass is 301 g/mol. The van der Waals surface area contributed by atoms with Crippen LogP contribution in [0.15, 0.2) is 36.9 Å². The van der Waals surface area contributed by atoms with Gasteiger partial charge in [-0.2, -0.15) is 0 Å². The van der Waals surface area contributed by atoms with Crippen molar-refractivity contribution in [2.45, 2.75) is 44.9 Å². The molecular formula is C18H23NOS. The maximum atomic E-state index is 5.88. The van der Waals surface area contributed by atoms with Crippen LogP contribution in [0.25, 0.3) is 10.1 Å². The zero-order valence-corrected chi connectivity index (χ0v) is 13.3. The van der Waals surface area contributed by atoms with Gasteiger partial charge in [0.25, 0.3) is 0 Å². The molecule has 1 heterocycles. The van der Waals surface area contributed by atoms with Gasteiger partial charge in [0.05, 0.1) is 6.61 Å². The fourth-order valence-electron chi connectivity index (χ4n) is 2.48. The van der Waals surface area contributed by atoms with E-state index in [2.05, 4.69) is 36.2 Å². The summed E-state index contributed by atoms with van der Waals surface area (Å²) in [6.07, 6.45) is 6.70. The van der Waals surface area contributed by atoms with Crippen molar-refractivity contribution >= 4 is 21.4 Å². The molecule has 1 aromatic carbocycles. The Morgan fingerprint density at radius 3 is 3.00 bits per heavy atom. The van der Waals surface area contributed by atoms with Crippen LogP contribution in [0.2, 0.25) is 0 Å². The molecule has 112 valence electrons. The average Bonchev–Trinajstić information content (AvgIpc) is 3.27. The predicted molar refractivity (Wildman–Crippen MR) is 90.8 cm³/mol. The van der Waals surface area contributed by atoms with Crippen LogP contribution >= 0.6 is 11.3 Å². The first-order chi connectivity index (χ1) is 10.4. The van der Waals surface area contributed by atoms with Crippen LogP contribution in [0.1, 0.15) is 36.1 Å². The fourth-order valence-corrected chi connectivity index (χ4v) is 3.64. The third kappa shape index (κ3) is 3.94. The smallest absolute Gasteiger partial charge is 0.0734 e. The lowest BCUT2D eigenvalue weighted by atomic mass is 10.1. The van der Waals surface area contributed by atoms with Crippen molar-refractivity contribution in [3.63, 3.8) is 0 Å². The molecule has 3 rings (SSSR count). The van der Waals surface area contributed by atoms with E-state index in [4.69, 9.17) is 4.74 Å². The Morgan fingerprint density at radius 1 is 1.33 bits per heavy atom. The fraction of sp³-hybridized carbons (Fsp3) is 0.444. The lowest BCUT2D eigenvalue weighted by molar-refractivity contribution is 0.119. The third-order valence-electron chi connectivity index (χ3n) is 3.85. The van der Waals surface area contributed by atoms with Crippen LogP contribution in [0.3, 0.4) is 0 Å². The van der Waals surface area contributed by atoms with Gasteiger partial charge in [-0.15, -0.1) is 17.9 Å². The van der Waals surface area contributed by atoms with Gasteiger partial charge >= 0.3 is 0 Å². The second kappa shape index (κ2) is 7.21. The summed E-state index contributed by atoms with van der Waals surface area (Å²) in [4.78, 5) is 1.44. The molecule has 0 aliphatic heterocycles. The molecule has 0 unspecified atom stereocenters. The highest BCUT2D eigenvalue weighted by molar-refractivity contribution is 7.19. The predicted octanol–water partition coefficient (Wildman–Crippen LogP) is 4.64. The Balaban J connectivity index is 1.69. The molecule has 1 N–H and O–H groups in total. The number of nitrogens with one attached hydrogen (secondary N) is 1. The first-order valence-corrected chi connectivity index (χ1v) is 8.61. The number of rotatable bonds is 9. The summed E-state index contributed by atoms with van der Waals surface area (Å²) in [6, 6.07) is 9.41. The van der Waals surface area contributed by atoms with Gasteiger partial charge in [0.15, 0.2) is 0 Å². The van der Waals surface area contributed by atoms with Gasteiger partial charge in [-0.05, 0) is 37.1 Å². The second-order valence-corrected chi connectivity index (χ2v) is 6.78. The number of hydrogen-bond donors (Lipinski definition) is 1. The molecule has 0 spiro atoms. The molecule has 0 atom stereocenters. The molecule has 1 saturated carbocycles. The van der Waals surface area contributed by atoms with Gasteiger partial charge in [0, 0.05) is 34.3 Å². The Morgan fingerprint density at radius 2 is 2.19 bits per heavy atom. The van der Waals surface area contributed by atoms with E-state index >= 15 is 0 Å². The molecule has 0 radical (unpaired) electrons. The van der Waals surface area contributed by atoms with Gasteiger partial charge in [-0.1, -0.05) is 24.3 Å². The lowest BCUT2D eigenvalue weighted by Crippen LogP contribution is -2.15. The highest BCUT2D eigenvalue weighted by Gasteiger charge is 2.21. The van der Waals surface area contributed by atoms with E-state index in [1.54, 1.807) is 0 Å². The van der Waals surface area contributed by atoms with Crippen LogP contribution in [0, 0.1) is 0 Å². The summed E-state index contributed by atoms with van der Waals surface area (Å²) in [6.45, 7) is 6.27. The first-order valence-electron chi connectivity index (χ1n) is 7.80. The molecule has 3 heteroatoms. The molecule has 1 aliphatic carbocycles. The van der Waals surface area contributed by atoms with Crippen molar-refractivity contribution in [2.24, 2.45) is 0 Å². The van der Waals surface area contributed by atoms with E-state index in [-0.39, 0.29) is 0 Å². The van der Waals surface area contributed by atoms with E-state index in [0.29, 0.717) is 0 Å².